The van der Waals surface area contributed by atoms with E-state index in [2.05, 4.69) is 0 Å². The van der Waals surface area contributed by atoms with Gasteiger partial charge in [-0.1, -0.05) is 23.8 Å². The van der Waals surface area contributed by atoms with E-state index in [1.807, 2.05) is 31.2 Å². The minimum atomic E-state index is -4.23. The van der Waals surface area contributed by atoms with Gasteiger partial charge in [-0.15, -0.1) is 0 Å². The highest BCUT2D eigenvalue weighted by Gasteiger charge is 2.19. The highest BCUT2D eigenvalue weighted by Crippen LogP contribution is 2.26. The summed E-state index contributed by atoms with van der Waals surface area (Å²) < 4.78 is 58.3. The van der Waals surface area contributed by atoms with Gasteiger partial charge in [0.1, 0.15) is 22.1 Å². The Kier molecular flexibility index (Phi) is 5.41. The topological polar surface area (TPSA) is 113 Å². The van der Waals surface area contributed by atoms with Crippen LogP contribution in [-0.2, 0) is 20.1 Å². The lowest BCUT2D eigenvalue weighted by molar-refractivity contribution is 0.474. The van der Waals surface area contributed by atoms with Crippen molar-refractivity contribution in [3.63, 3.8) is 0 Å². The highest BCUT2D eigenvalue weighted by atomic mass is 32.2. The minimum Gasteiger partial charge on any atom is -0.457 e. The van der Waals surface area contributed by atoms with Crippen molar-refractivity contribution in [1.82, 2.24) is 0 Å². The fourth-order valence-corrected chi connectivity index (χ4v) is 3.90. The van der Waals surface area contributed by atoms with E-state index in [0.717, 1.165) is 11.6 Å². The molecule has 0 radical (unpaired) electrons. The lowest BCUT2D eigenvalue weighted by Crippen LogP contribution is -2.14. The van der Waals surface area contributed by atoms with Gasteiger partial charge in [-0.05, 0) is 61.5 Å². The Morgan fingerprint density at radius 3 is 1.79 bits per heavy atom. The van der Waals surface area contributed by atoms with Crippen molar-refractivity contribution in [2.24, 2.45) is 5.14 Å². The van der Waals surface area contributed by atoms with Crippen LogP contribution in [0.4, 0.5) is 0 Å². The maximum atomic E-state index is 12.4. The van der Waals surface area contributed by atoms with Crippen LogP contribution < -0.4 is 14.1 Å². The zero-order valence-corrected chi connectivity index (χ0v) is 16.4. The molecule has 3 rings (SSSR count). The predicted octanol–water partition coefficient (Wildman–Crippen LogP) is 3.20. The standard InChI is InChI=1S/C19H17NO6S2/c1-14-5-7-15(8-6-14)25-16-9-11-17(12-10-16)26-28(23,24)19-4-2-3-18(13-19)27(20,21)22/h2-13H,1H3,(H2,20,21,22). The Morgan fingerprint density at radius 2 is 1.21 bits per heavy atom. The SMILES string of the molecule is Cc1ccc(Oc2ccc(OS(=O)(=O)c3cccc(S(N)(=O)=O)c3)cc2)cc1. The average Bonchev–Trinajstić information content (AvgIpc) is 2.64. The van der Waals surface area contributed by atoms with Gasteiger partial charge < -0.3 is 8.92 Å². The molecule has 0 fully saturated rings. The summed E-state index contributed by atoms with van der Waals surface area (Å²) in [5, 5.41) is 5.03. The minimum absolute atomic E-state index is 0.0530. The Labute approximate surface area is 163 Å². The molecule has 3 aromatic carbocycles. The van der Waals surface area contributed by atoms with E-state index in [4.69, 9.17) is 14.1 Å². The molecule has 0 unspecified atom stereocenters. The second-order valence-electron chi connectivity index (χ2n) is 5.94. The average molecular weight is 419 g/mol. The van der Waals surface area contributed by atoms with Gasteiger partial charge in [-0.25, -0.2) is 13.6 Å². The van der Waals surface area contributed by atoms with E-state index in [1.54, 1.807) is 12.1 Å². The van der Waals surface area contributed by atoms with Crippen molar-refractivity contribution < 1.29 is 25.8 Å². The molecule has 0 aromatic heterocycles. The van der Waals surface area contributed by atoms with Gasteiger partial charge in [-0.2, -0.15) is 8.42 Å². The summed E-state index contributed by atoms with van der Waals surface area (Å²) >= 11 is 0. The van der Waals surface area contributed by atoms with Crippen LogP contribution in [-0.4, -0.2) is 16.8 Å². The molecular weight excluding hydrogens is 402 g/mol. The van der Waals surface area contributed by atoms with Crippen molar-refractivity contribution in [3.8, 4) is 17.2 Å². The summed E-state index contributed by atoms with van der Waals surface area (Å²) in [4.78, 5) is -0.641. The Hall–Kier alpha value is -2.88. The van der Waals surface area contributed by atoms with Crippen LogP contribution in [0.25, 0.3) is 0 Å². The number of benzene rings is 3. The first-order valence-electron chi connectivity index (χ1n) is 8.05. The number of rotatable bonds is 6. The van der Waals surface area contributed by atoms with Crippen LogP contribution in [0.1, 0.15) is 5.56 Å². The molecule has 28 heavy (non-hydrogen) atoms. The maximum Gasteiger partial charge on any atom is 0.339 e. The first-order valence-corrected chi connectivity index (χ1v) is 11.0. The first kappa shape index (κ1) is 19.9. The summed E-state index contributed by atoms with van der Waals surface area (Å²) in [6, 6.07) is 18.1. The Balaban J connectivity index is 1.77. The highest BCUT2D eigenvalue weighted by molar-refractivity contribution is 7.89. The van der Waals surface area contributed by atoms with Gasteiger partial charge in [0.2, 0.25) is 10.0 Å². The fourth-order valence-electron chi connectivity index (χ4n) is 2.29. The van der Waals surface area contributed by atoms with Gasteiger partial charge in [0.05, 0.1) is 4.90 Å². The third-order valence-electron chi connectivity index (χ3n) is 3.71. The normalized spacial score (nSPS) is 11.8. The lowest BCUT2D eigenvalue weighted by Gasteiger charge is -2.09. The van der Waals surface area contributed by atoms with Gasteiger partial charge in [0.25, 0.3) is 0 Å². The van der Waals surface area contributed by atoms with Crippen molar-refractivity contribution in [2.45, 2.75) is 16.7 Å². The summed E-state index contributed by atoms with van der Waals surface area (Å²) in [7, 11) is -8.27. The van der Waals surface area contributed by atoms with E-state index < -0.39 is 20.1 Å². The number of ether oxygens (including phenoxy) is 1. The molecule has 0 aliphatic carbocycles. The number of nitrogens with two attached hydrogens (primary N) is 1. The quantitative estimate of drug-likeness (QED) is 0.614. The third kappa shape index (κ3) is 4.89. The predicted molar refractivity (Wildman–Crippen MR) is 103 cm³/mol. The van der Waals surface area contributed by atoms with E-state index in [9.17, 15) is 16.8 Å². The maximum absolute atomic E-state index is 12.4. The van der Waals surface area contributed by atoms with E-state index in [-0.39, 0.29) is 15.5 Å². The van der Waals surface area contributed by atoms with E-state index in [1.165, 1.54) is 30.3 Å². The number of aryl methyl sites for hydroxylation is 1. The summed E-state index contributed by atoms with van der Waals surface area (Å²) in [6.45, 7) is 1.97. The van der Waals surface area contributed by atoms with Gasteiger partial charge >= 0.3 is 10.1 Å². The molecule has 0 aliphatic rings. The van der Waals surface area contributed by atoms with Crippen molar-refractivity contribution >= 4 is 20.1 Å². The Bertz CT molecular complexity index is 1190. The molecule has 0 bridgehead atoms. The van der Waals surface area contributed by atoms with Crippen molar-refractivity contribution in [2.75, 3.05) is 0 Å². The molecule has 7 nitrogen and oxygen atoms in total. The summed E-state index contributed by atoms with van der Waals surface area (Å²) in [6.07, 6.45) is 0. The van der Waals surface area contributed by atoms with Gasteiger partial charge in [-0.3, -0.25) is 0 Å². The van der Waals surface area contributed by atoms with Crippen LogP contribution in [0.5, 0.6) is 17.2 Å². The van der Waals surface area contributed by atoms with Crippen LogP contribution in [0.2, 0.25) is 0 Å². The molecule has 0 heterocycles. The van der Waals surface area contributed by atoms with E-state index in [0.29, 0.717) is 11.5 Å². The van der Waals surface area contributed by atoms with Crippen LogP contribution in [0, 0.1) is 6.92 Å². The molecule has 2 N–H and O–H groups in total. The zero-order valence-electron chi connectivity index (χ0n) is 14.8. The molecule has 0 spiro atoms. The van der Waals surface area contributed by atoms with Crippen LogP contribution in [0.3, 0.4) is 0 Å². The third-order valence-corrected chi connectivity index (χ3v) is 5.86. The molecule has 0 amide bonds. The summed E-state index contributed by atoms with van der Waals surface area (Å²) in [5.41, 5.74) is 1.10. The number of hydrogen-bond donors (Lipinski definition) is 1. The Morgan fingerprint density at radius 1 is 0.714 bits per heavy atom. The molecule has 0 aliphatic heterocycles. The number of primary sulfonamides is 1. The van der Waals surface area contributed by atoms with Gasteiger partial charge in [0.15, 0.2) is 0 Å². The first-order chi connectivity index (χ1) is 13.1. The summed E-state index contributed by atoms with van der Waals surface area (Å²) in [5.74, 6) is 1.20. The molecule has 0 saturated carbocycles. The van der Waals surface area contributed by atoms with Crippen LogP contribution in [0.15, 0.2) is 82.6 Å². The molecule has 0 saturated heterocycles. The smallest absolute Gasteiger partial charge is 0.339 e. The monoisotopic (exact) mass is 419 g/mol. The van der Waals surface area contributed by atoms with Crippen molar-refractivity contribution in [3.05, 3.63) is 78.4 Å². The second kappa shape index (κ2) is 7.63. The molecule has 9 heteroatoms. The van der Waals surface area contributed by atoms with Crippen molar-refractivity contribution in [1.29, 1.82) is 0 Å². The lowest BCUT2D eigenvalue weighted by atomic mass is 10.2. The second-order valence-corrected chi connectivity index (χ2v) is 9.05. The number of hydrogen-bond acceptors (Lipinski definition) is 6. The van der Waals surface area contributed by atoms with Crippen LogP contribution >= 0.6 is 0 Å². The molecule has 146 valence electrons. The molecule has 3 aromatic rings. The molecular formula is C19H17NO6S2. The fraction of sp³-hybridized carbons (Fsp3) is 0.0526. The van der Waals surface area contributed by atoms with E-state index >= 15 is 0 Å². The zero-order chi connectivity index (χ0) is 20.4. The largest absolute Gasteiger partial charge is 0.457 e. The van der Waals surface area contributed by atoms with Gasteiger partial charge in [0, 0.05) is 0 Å². The number of sulfonamides is 1. The molecule has 0 atom stereocenters.